The average molecular weight is 501 g/mol. The van der Waals surface area contributed by atoms with Crippen LogP contribution in [0.1, 0.15) is 6.92 Å². The molecule has 0 aliphatic rings. The predicted molar refractivity (Wildman–Crippen MR) is 110 cm³/mol. The van der Waals surface area contributed by atoms with Gasteiger partial charge in [0.25, 0.3) is 5.69 Å². The lowest BCUT2D eigenvalue weighted by Gasteiger charge is -2.11. The Morgan fingerprint density at radius 1 is 1.31 bits per heavy atom. The maximum absolute atomic E-state index is 12.2. The standard InChI is InChI=1S/C14H23N5O5S.HI/c1-3-15-14(17-9-10-24-2)16-7-8-18-25(22,23)13-6-4-5-12(11-13)19(20)21;/h4-6,11,18H,3,7-10H2,1-2H3,(H2,15,16,17);1H. The van der Waals surface area contributed by atoms with Gasteiger partial charge in [-0.05, 0) is 13.0 Å². The molecule has 0 aliphatic heterocycles. The highest BCUT2D eigenvalue weighted by atomic mass is 127. The largest absolute Gasteiger partial charge is 0.383 e. The van der Waals surface area contributed by atoms with Crippen LogP contribution < -0.4 is 15.4 Å². The molecule has 0 radical (unpaired) electrons. The number of aliphatic imine (C=N–C) groups is 1. The monoisotopic (exact) mass is 501 g/mol. The zero-order valence-corrected chi connectivity index (χ0v) is 17.7. The van der Waals surface area contributed by atoms with Crippen LogP contribution in [0.3, 0.4) is 0 Å². The van der Waals surface area contributed by atoms with Crippen molar-refractivity contribution in [2.24, 2.45) is 4.99 Å². The number of hydrogen-bond donors (Lipinski definition) is 3. The van der Waals surface area contributed by atoms with Gasteiger partial charge in [0, 0.05) is 38.9 Å². The van der Waals surface area contributed by atoms with Crippen molar-refractivity contribution in [3.05, 3.63) is 34.4 Å². The second kappa shape index (κ2) is 12.8. The number of halogens is 1. The molecular formula is C14H24IN5O5S. The molecule has 0 bridgehead atoms. The van der Waals surface area contributed by atoms with Gasteiger partial charge >= 0.3 is 0 Å². The zero-order chi connectivity index (χ0) is 18.7. The Morgan fingerprint density at radius 3 is 2.65 bits per heavy atom. The van der Waals surface area contributed by atoms with E-state index in [1.807, 2.05) is 6.92 Å². The van der Waals surface area contributed by atoms with Gasteiger partial charge in [-0.1, -0.05) is 6.07 Å². The average Bonchev–Trinajstić information content (AvgIpc) is 2.59. The minimum atomic E-state index is -3.83. The van der Waals surface area contributed by atoms with Gasteiger partial charge in [-0.2, -0.15) is 0 Å². The summed E-state index contributed by atoms with van der Waals surface area (Å²) in [4.78, 5) is 14.2. The highest BCUT2D eigenvalue weighted by Gasteiger charge is 2.16. The lowest BCUT2D eigenvalue weighted by Crippen LogP contribution is -2.39. The number of guanidine groups is 1. The van der Waals surface area contributed by atoms with Gasteiger partial charge in [0.2, 0.25) is 10.0 Å². The first-order valence-corrected chi connectivity index (χ1v) is 9.14. The van der Waals surface area contributed by atoms with Gasteiger partial charge in [-0.15, -0.1) is 24.0 Å². The van der Waals surface area contributed by atoms with E-state index in [0.29, 0.717) is 25.7 Å². The summed E-state index contributed by atoms with van der Waals surface area (Å²) < 4.78 is 31.6. The Kier molecular flexibility index (Phi) is 12.0. The molecule has 0 aromatic heterocycles. The minimum Gasteiger partial charge on any atom is -0.383 e. The first kappa shape index (κ1) is 24.5. The van der Waals surface area contributed by atoms with E-state index in [-0.39, 0.29) is 47.6 Å². The van der Waals surface area contributed by atoms with E-state index in [0.717, 1.165) is 6.07 Å². The van der Waals surface area contributed by atoms with Crippen LogP contribution in [0.4, 0.5) is 5.69 Å². The maximum atomic E-state index is 12.2. The molecular weight excluding hydrogens is 477 g/mol. The molecule has 12 heteroatoms. The topological polar surface area (TPSA) is 135 Å². The zero-order valence-electron chi connectivity index (χ0n) is 14.6. The number of benzene rings is 1. The number of non-ortho nitro benzene ring substituents is 1. The van der Waals surface area contributed by atoms with Gasteiger partial charge in [-0.3, -0.25) is 15.1 Å². The van der Waals surface area contributed by atoms with Gasteiger partial charge in [0.05, 0.1) is 23.0 Å². The maximum Gasteiger partial charge on any atom is 0.270 e. The van der Waals surface area contributed by atoms with Gasteiger partial charge in [-0.25, -0.2) is 13.1 Å². The predicted octanol–water partition coefficient (Wildman–Crippen LogP) is 0.693. The fourth-order valence-corrected chi connectivity index (χ4v) is 2.87. The summed E-state index contributed by atoms with van der Waals surface area (Å²) >= 11 is 0. The number of nitro groups is 1. The number of methoxy groups -OCH3 is 1. The summed E-state index contributed by atoms with van der Waals surface area (Å²) in [6, 6.07) is 4.88. The van der Waals surface area contributed by atoms with E-state index in [1.54, 1.807) is 7.11 Å². The molecule has 0 spiro atoms. The number of nitro benzene ring substituents is 1. The first-order chi connectivity index (χ1) is 11.9. The fraction of sp³-hybridized carbons (Fsp3) is 0.500. The van der Waals surface area contributed by atoms with Crippen molar-refractivity contribution in [3.63, 3.8) is 0 Å². The summed E-state index contributed by atoms with van der Waals surface area (Å²) in [6.07, 6.45) is 0. The number of sulfonamides is 1. The second-order valence-electron chi connectivity index (χ2n) is 4.83. The molecule has 0 atom stereocenters. The van der Waals surface area contributed by atoms with Crippen LogP contribution in [0.2, 0.25) is 0 Å². The number of nitrogens with zero attached hydrogens (tertiary/aromatic N) is 2. The highest BCUT2D eigenvalue weighted by Crippen LogP contribution is 2.16. The molecule has 148 valence electrons. The van der Waals surface area contributed by atoms with E-state index in [2.05, 4.69) is 20.3 Å². The van der Waals surface area contributed by atoms with Crippen molar-refractivity contribution in [1.82, 2.24) is 15.4 Å². The van der Waals surface area contributed by atoms with E-state index in [4.69, 9.17) is 4.74 Å². The van der Waals surface area contributed by atoms with Gasteiger partial charge in [0.15, 0.2) is 5.96 Å². The molecule has 10 nitrogen and oxygen atoms in total. The third-order valence-corrected chi connectivity index (χ3v) is 4.41. The number of rotatable bonds is 10. The quantitative estimate of drug-likeness (QED) is 0.107. The molecule has 0 aliphatic carbocycles. The Morgan fingerprint density at radius 2 is 2.04 bits per heavy atom. The van der Waals surface area contributed by atoms with Crippen LogP contribution in [0, 0.1) is 10.1 Å². The first-order valence-electron chi connectivity index (χ1n) is 7.66. The van der Waals surface area contributed by atoms with Crippen LogP contribution in [0.25, 0.3) is 0 Å². The summed E-state index contributed by atoms with van der Waals surface area (Å²) in [5, 5.41) is 16.8. The fourth-order valence-electron chi connectivity index (χ4n) is 1.81. The van der Waals surface area contributed by atoms with E-state index in [9.17, 15) is 18.5 Å². The normalized spacial score (nSPS) is 11.5. The molecule has 1 aromatic rings. The summed E-state index contributed by atoms with van der Waals surface area (Å²) in [5.41, 5.74) is -0.280. The molecule has 0 heterocycles. The summed E-state index contributed by atoms with van der Waals surface area (Å²) in [6.45, 7) is 3.94. The lowest BCUT2D eigenvalue weighted by molar-refractivity contribution is -0.385. The van der Waals surface area contributed by atoms with E-state index in [1.165, 1.54) is 18.2 Å². The molecule has 0 fully saturated rings. The number of ether oxygens (including phenoxy) is 1. The molecule has 0 unspecified atom stereocenters. The SMILES string of the molecule is CCNC(=NCCNS(=O)(=O)c1cccc([N+](=O)[O-])c1)NCCOC.I. The van der Waals surface area contributed by atoms with Crippen molar-refractivity contribution >= 4 is 45.6 Å². The summed E-state index contributed by atoms with van der Waals surface area (Å²) in [5.74, 6) is 0.550. The van der Waals surface area contributed by atoms with Crippen LogP contribution in [-0.2, 0) is 14.8 Å². The Hall–Kier alpha value is -1.51. The minimum absolute atomic E-state index is 0. The van der Waals surface area contributed by atoms with E-state index < -0.39 is 14.9 Å². The van der Waals surface area contributed by atoms with Crippen molar-refractivity contribution in [2.45, 2.75) is 11.8 Å². The van der Waals surface area contributed by atoms with Gasteiger partial charge < -0.3 is 15.4 Å². The van der Waals surface area contributed by atoms with Crippen LogP contribution >= 0.6 is 24.0 Å². The molecule has 1 aromatic carbocycles. The van der Waals surface area contributed by atoms with Crippen LogP contribution in [0.5, 0.6) is 0 Å². The number of hydrogen-bond acceptors (Lipinski definition) is 6. The van der Waals surface area contributed by atoms with Crippen molar-refractivity contribution in [1.29, 1.82) is 0 Å². The molecule has 0 saturated heterocycles. The summed E-state index contributed by atoms with van der Waals surface area (Å²) in [7, 11) is -2.24. The number of nitrogens with one attached hydrogen (secondary N) is 3. The van der Waals surface area contributed by atoms with Crippen LogP contribution in [0.15, 0.2) is 34.2 Å². The Labute approximate surface area is 170 Å². The Balaban J connectivity index is 0.00000625. The Bertz CT molecular complexity index is 699. The third kappa shape index (κ3) is 8.73. The molecule has 0 saturated carbocycles. The third-order valence-electron chi connectivity index (χ3n) is 2.96. The van der Waals surface area contributed by atoms with Crippen molar-refractivity contribution in [3.8, 4) is 0 Å². The lowest BCUT2D eigenvalue weighted by atomic mass is 10.3. The second-order valence-corrected chi connectivity index (χ2v) is 6.60. The molecule has 1 rings (SSSR count). The van der Waals surface area contributed by atoms with Crippen molar-refractivity contribution in [2.75, 3.05) is 39.9 Å². The van der Waals surface area contributed by atoms with Crippen molar-refractivity contribution < 1.29 is 18.1 Å². The smallest absolute Gasteiger partial charge is 0.270 e. The molecule has 0 amide bonds. The van der Waals surface area contributed by atoms with E-state index >= 15 is 0 Å². The molecule has 26 heavy (non-hydrogen) atoms. The highest BCUT2D eigenvalue weighted by molar-refractivity contribution is 14.0. The molecule has 3 N–H and O–H groups in total. The van der Waals surface area contributed by atoms with Crippen LogP contribution in [-0.4, -0.2) is 59.2 Å². The van der Waals surface area contributed by atoms with Gasteiger partial charge in [0.1, 0.15) is 0 Å².